The highest BCUT2D eigenvalue weighted by Crippen LogP contribution is 2.12. The Labute approximate surface area is 125 Å². The van der Waals surface area contributed by atoms with Gasteiger partial charge in [-0.3, -0.25) is 0 Å². The summed E-state index contributed by atoms with van der Waals surface area (Å²) in [5, 5.41) is 2.98. The van der Waals surface area contributed by atoms with Gasteiger partial charge in [-0.15, -0.1) is 0 Å². The average Bonchev–Trinajstić information content (AvgIpc) is 2.89. The lowest BCUT2D eigenvalue weighted by molar-refractivity contribution is 0.560. The number of rotatable bonds is 7. The van der Waals surface area contributed by atoms with Gasteiger partial charge in [0, 0.05) is 24.5 Å². The van der Waals surface area contributed by atoms with E-state index in [1.165, 1.54) is 6.20 Å². The van der Waals surface area contributed by atoms with Gasteiger partial charge in [-0.2, -0.15) is 0 Å². The fourth-order valence-electron chi connectivity index (χ4n) is 2.21. The van der Waals surface area contributed by atoms with Crippen LogP contribution in [0.1, 0.15) is 18.2 Å². The molecule has 0 aliphatic rings. The van der Waals surface area contributed by atoms with Gasteiger partial charge in [0.05, 0.1) is 4.90 Å². The first-order valence-electron chi connectivity index (χ1n) is 6.89. The molecule has 0 spiro atoms. The number of aromatic nitrogens is 1. The lowest BCUT2D eigenvalue weighted by Gasteiger charge is -2.13. The molecule has 2 aromatic rings. The molecule has 0 saturated heterocycles. The largest absolute Gasteiger partial charge is 0.363 e. The molecule has 0 aliphatic heterocycles. The smallest absolute Gasteiger partial charge is 0.242 e. The molecule has 21 heavy (non-hydrogen) atoms. The van der Waals surface area contributed by atoms with Crippen LogP contribution >= 0.6 is 0 Å². The van der Waals surface area contributed by atoms with Gasteiger partial charge >= 0.3 is 0 Å². The predicted octanol–water partition coefficient (Wildman–Crippen LogP) is 1.64. The number of benzene rings is 1. The van der Waals surface area contributed by atoms with Gasteiger partial charge in [-0.25, -0.2) is 13.1 Å². The van der Waals surface area contributed by atoms with E-state index in [1.54, 1.807) is 6.07 Å². The van der Waals surface area contributed by atoms with Crippen LogP contribution in [0.25, 0.3) is 0 Å². The molecule has 5 nitrogen and oxygen atoms in total. The van der Waals surface area contributed by atoms with Crippen LogP contribution in [-0.4, -0.2) is 26.5 Å². The maximum Gasteiger partial charge on any atom is 0.242 e. The van der Waals surface area contributed by atoms with Crippen LogP contribution in [0.2, 0.25) is 0 Å². The Morgan fingerprint density at radius 2 is 1.95 bits per heavy atom. The third-order valence-electron chi connectivity index (χ3n) is 3.13. The second-order valence-electron chi connectivity index (χ2n) is 5.10. The van der Waals surface area contributed by atoms with Gasteiger partial charge in [0.2, 0.25) is 10.0 Å². The van der Waals surface area contributed by atoms with Crippen molar-refractivity contribution in [2.24, 2.45) is 0 Å². The predicted molar refractivity (Wildman–Crippen MR) is 83.5 cm³/mol. The fraction of sp³-hybridized carbons (Fsp3) is 0.333. The van der Waals surface area contributed by atoms with E-state index in [9.17, 15) is 8.42 Å². The SMILES string of the molecule is CNCc1cc(S(=O)(=O)NC(C)Cc2ccccc2)c[nH]1. The Bertz CT molecular complexity index is 665. The highest BCUT2D eigenvalue weighted by molar-refractivity contribution is 7.89. The van der Waals surface area contributed by atoms with E-state index >= 15 is 0 Å². The second-order valence-corrected chi connectivity index (χ2v) is 6.82. The Morgan fingerprint density at radius 1 is 1.24 bits per heavy atom. The summed E-state index contributed by atoms with van der Waals surface area (Å²) in [7, 11) is -1.67. The van der Waals surface area contributed by atoms with Gasteiger partial charge in [-0.05, 0) is 32.0 Å². The normalized spacial score (nSPS) is 13.2. The number of sulfonamides is 1. The van der Waals surface area contributed by atoms with Crippen LogP contribution in [0.4, 0.5) is 0 Å². The molecule has 3 N–H and O–H groups in total. The van der Waals surface area contributed by atoms with Crippen molar-refractivity contribution in [2.75, 3.05) is 7.05 Å². The maximum absolute atomic E-state index is 12.3. The monoisotopic (exact) mass is 307 g/mol. The first-order valence-corrected chi connectivity index (χ1v) is 8.38. The topological polar surface area (TPSA) is 74.0 Å². The average molecular weight is 307 g/mol. The lowest BCUT2D eigenvalue weighted by atomic mass is 10.1. The third kappa shape index (κ3) is 4.42. The molecule has 0 aliphatic carbocycles. The van der Waals surface area contributed by atoms with Crippen molar-refractivity contribution >= 4 is 10.0 Å². The number of hydrogen-bond donors (Lipinski definition) is 3. The van der Waals surface area contributed by atoms with Gasteiger partial charge < -0.3 is 10.3 Å². The Morgan fingerprint density at radius 3 is 2.62 bits per heavy atom. The molecule has 1 heterocycles. The lowest BCUT2D eigenvalue weighted by Crippen LogP contribution is -2.33. The summed E-state index contributed by atoms with van der Waals surface area (Å²) in [6, 6.07) is 11.3. The van der Waals surface area contributed by atoms with E-state index in [2.05, 4.69) is 15.0 Å². The van der Waals surface area contributed by atoms with Crippen LogP contribution < -0.4 is 10.0 Å². The Kier molecular flexibility index (Phi) is 5.17. The van der Waals surface area contributed by atoms with Crippen molar-refractivity contribution in [3.05, 3.63) is 53.9 Å². The van der Waals surface area contributed by atoms with E-state index in [-0.39, 0.29) is 10.9 Å². The molecule has 0 radical (unpaired) electrons. The Balaban J connectivity index is 2.02. The first kappa shape index (κ1) is 15.8. The molecule has 0 amide bonds. The van der Waals surface area contributed by atoms with Gasteiger partial charge in [0.25, 0.3) is 0 Å². The summed E-state index contributed by atoms with van der Waals surface area (Å²) >= 11 is 0. The molecule has 1 aromatic carbocycles. The summed E-state index contributed by atoms with van der Waals surface area (Å²) in [6.45, 7) is 2.47. The molecule has 0 bridgehead atoms. The molecule has 1 unspecified atom stereocenters. The van der Waals surface area contributed by atoms with Crippen molar-refractivity contribution < 1.29 is 8.42 Å². The minimum Gasteiger partial charge on any atom is -0.363 e. The van der Waals surface area contributed by atoms with Crippen molar-refractivity contribution in [3.8, 4) is 0 Å². The number of hydrogen-bond acceptors (Lipinski definition) is 3. The molecular weight excluding hydrogens is 286 g/mol. The van der Waals surface area contributed by atoms with E-state index in [0.717, 1.165) is 11.3 Å². The van der Waals surface area contributed by atoms with E-state index in [1.807, 2.05) is 44.3 Å². The van der Waals surface area contributed by atoms with E-state index < -0.39 is 10.0 Å². The zero-order valence-electron chi connectivity index (χ0n) is 12.3. The molecule has 2 rings (SSSR count). The van der Waals surface area contributed by atoms with Crippen molar-refractivity contribution in [1.29, 1.82) is 0 Å². The molecule has 0 saturated carbocycles. The maximum atomic E-state index is 12.3. The fourth-order valence-corrected chi connectivity index (χ4v) is 3.47. The van der Waals surface area contributed by atoms with Crippen LogP contribution in [0.3, 0.4) is 0 Å². The molecule has 0 fully saturated rings. The number of nitrogens with one attached hydrogen (secondary N) is 3. The molecule has 1 aromatic heterocycles. The number of aromatic amines is 1. The number of H-pyrrole nitrogens is 1. The van der Waals surface area contributed by atoms with Crippen molar-refractivity contribution in [3.63, 3.8) is 0 Å². The zero-order valence-corrected chi connectivity index (χ0v) is 13.1. The van der Waals surface area contributed by atoms with Crippen LogP contribution in [0.15, 0.2) is 47.5 Å². The van der Waals surface area contributed by atoms with E-state index in [4.69, 9.17) is 0 Å². The van der Waals surface area contributed by atoms with Crippen LogP contribution in [0, 0.1) is 0 Å². The Hall–Kier alpha value is -1.63. The van der Waals surface area contributed by atoms with Crippen molar-refractivity contribution in [2.45, 2.75) is 30.8 Å². The van der Waals surface area contributed by atoms with Gasteiger partial charge in [0.1, 0.15) is 0 Å². The van der Waals surface area contributed by atoms with Crippen LogP contribution in [-0.2, 0) is 23.0 Å². The highest BCUT2D eigenvalue weighted by Gasteiger charge is 2.19. The standard InChI is InChI=1S/C15H21N3O2S/c1-12(8-13-6-4-3-5-7-13)18-21(19,20)15-9-14(10-16-2)17-11-15/h3-7,9,11-12,16-18H,8,10H2,1-2H3. The van der Waals surface area contributed by atoms with Gasteiger partial charge in [0.15, 0.2) is 0 Å². The zero-order chi connectivity index (χ0) is 15.3. The highest BCUT2D eigenvalue weighted by atomic mass is 32.2. The molecular formula is C15H21N3O2S. The molecule has 6 heteroatoms. The summed E-state index contributed by atoms with van der Waals surface area (Å²) in [5.41, 5.74) is 1.95. The minimum atomic E-state index is -3.49. The summed E-state index contributed by atoms with van der Waals surface area (Å²) in [6.07, 6.45) is 2.18. The van der Waals surface area contributed by atoms with Crippen molar-refractivity contribution in [1.82, 2.24) is 15.0 Å². The van der Waals surface area contributed by atoms with E-state index in [0.29, 0.717) is 13.0 Å². The quantitative estimate of drug-likeness (QED) is 0.728. The summed E-state index contributed by atoms with van der Waals surface area (Å²) < 4.78 is 27.3. The third-order valence-corrected chi connectivity index (χ3v) is 4.70. The second kappa shape index (κ2) is 6.89. The summed E-state index contributed by atoms with van der Waals surface area (Å²) in [5.74, 6) is 0. The molecule has 1 atom stereocenters. The minimum absolute atomic E-state index is 0.167. The first-order chi connectivity index (χ1) is 10.0. The molecule has 114 valence electrons. The summed E-state index contributed by atoms with van der Waals surface area (Å²) in [4.78, 5) is 3.23. The van der Waals surface area contributed by atoms with Crippen LogP contribution in [0.5, 0.6) is 0 Å². The van der Waals surface area contributed by atoms with Gasteiger partial charge in [-0.1, -0.05) is 30.3 Å².